The van der Waals surface area contributed by atoms with Gasteiger partial charge < -0.3 is 9.84 Å². The molecule has 0 amide bonds. The van der Waals surface area contributed by atoms with Crippen molar-refractivity contribution in [2.24, 2.45) is 0 Å². The second-order valence-electron chi connectivity index (χ2n) is 3.60. The molecule has 1 heterocycles. The van der Waals surface area contributed by atoms with Crippen LogP contribution in [0.5, 0.6) is 0 Å². The lowest BCUT2D eigenvalue weighted by atomic mass is 10.1. The van der Waals surface area contributed by atoms with Gasteiger partial charge in [0.1, 0.15) is 0 Å². The predicted molar refractivity (Wildman–Crippen MR) is 53.1 cm³/mol. The van der Waals surface area contributed by atoms with Crippen LogP contribution in [0.1, 0.15) is 26.7 Å². The van der Waals surface area contributed by atoms with Crippen molar-refractivity contribution in [3.05, 3.63) is 0 Å². The third-order valence-electron chi connectivity index (χ3n) is 2.10. The van der Waals surface area contributed by atoms with Crippen LogP contribution in [0.2, 0.25) is 0 Å². The Morgan fingerprint density at radius 1 is 1.64 bits per heavy atom. The van der Waals surface area contributed by atoms with Crippen molar-refractivity contribution < 1.29 is 9.84 Å². The molecular formula is C8H15IO2. The minimum Gasteiger partial charge on any atom is -0.392 e. The number of hydrogen-bond donors (Lipinski definition) is 1. The Hall–Kier alpha value is 0.650. The molecule has 1 aliphatic heterocycles. The highest BCUT2D eigenvalue weighted by atomic mass is 127. The van der Waals surface area contributed by atoms with Crippen LogP contribution in [-0.4, -0.2) is 27.3 Å². The van der Waals surface area contributed by atoms with E-state index in [4.69, 9.17) is 4.74 Å². The van der Waals surface area contributed by atoms with Gasteiger partial charge in [-0.15, -0.1) is 0 Å². The van der Waals surface area contributed by atoms with Crippen LogP contribution < -0.4 is 0 Å². The Bertz CT molecular complexity index is 136. The summed E-state index contributed by atoms with van der Waals surface area (Å²) in [5.74, 6) is 0. The zero-order valence-corrected chi connectivity index (χ0v) is 9.17. The molecule has 1 saturated heterocycles. The summed E-state index contributed by atoms with van der Waals surface area (Å²) >= 11 is 2.20. The summed E-state index contributed by atoms with van der Waals surface area (Å²) in [7, 11) is 0. The van der Waals surface area contributed by atoms with Gasteiger partial charge in [0.2, 0.25) is 0 Å². The van der Waals surface area contributed by atoms with Gasteiger partial charge in [-0.2, -0.15) is 0 Å². The van der Waals surface area contributed by atoms with Crippen LogP contribution >= 0.6 is 22.6 Å². The Labute approximate surface area is 81.5 Å². The highest BCUT2D eigenvalue weighted by Gasteiger charge is 2.46. The molecular weight excluding hydrogens is 255 g/mol. The first-order valence-electron chi connectivity index (χ1n) is 3.98. The van der Waals surface area contributed by atoms with Crippen molar-refractivity contribution in [3.8, 4) is 0 Å². The topological polar surface area (TPSA) is 32.8 Å². The Kier molecular flexibility index (Phi) is 3.17. The van der Waals surface area contributed by atoms with E-state index < -0.39 is 0 Å². The minimum absolute atomic E-state index is 0.0883. The van der Waals surface area contributed by atoms with Gasteiger partial charge in [-0.05, 0) is 26.7 Å². The molecule has 11 heavy (non-hydrogen) atoms. The van der Waals surface area contributed by atoms with E-state index in [2.05, 4.69) is 36.4 Å². The molecule has 0 radical (unpaired) electrons. The summed E-state index contributed by atoms with van der Waals surface area (Å²) in [6.45, 7) is 4.18. The first-order valence-corrected chi connectivity index (χ1v) is 5.50. The fourth-order valence-electron chi connectivity index (χ4n) is 1.16. The fourth-order valence-corrected chi connectivity index (χ4v) is 1.60. The SMILES string of the molecule is CC1(C)OC1CCC(O)CI. The van der Waals surface area contributed by atoms with E-state index in [0.717, 1.165) is 17.3 Å². The Morgan fingerprint density at radius 3 is 2.55 bits per heavy atom. The van der Waals surface area contributed by atoms with Gasteiger partial charge in [0.05, 0.1) is 17.8 Å². The quantitative estimate of drug-likeness (QED) is 0.479. The van der Waals surface area contributed by atoms with E-state index in [1.165, 1.54) is 0 Å². The monoisotopic (exact) mass is 270 g/mol. The molecule has 0 aromatic heterocycles. The van der Waals surface area contributed by atoms with E-state index in [0.29, 0.717) is 6.10 Å². The Morgan fingerprint density at radius 2 is 2.18 bits per heavy atom. The highest BCUT2D eigenvalue weighted by molar-refractivity contribution is 14.1. The third kappa shape index (κ3) is 2.87. The number of halogens is 1. The second-order valence-corrected chi connectivity index (χ2v) is 4.48. The minimum atomic E-state index is -0.143. The number of ether oxygens (including phenoxy) is 1. The van der Waals surface area contributed by atoms with Crippen molar-refractivity contribution in [2.75, 3.05) is 4.43 Å². The summed E-state index contributed by atoms with van der Waals surface area (Å²) in [5.41, 5.74) is 0.0883. The van der Waals surface area contributed by atoms with Gasteiger partial charge in [-0.3, -0.25) is 0 Å². The molecule has 0 saturated carbocycles. The van der Waals surface area contributed by atoms with Crippen molar-refractivity contribution >= 4 is 22.6 Å². The molecule has 66 valence electrons. The summed E-state index contributed by atoms with van der Waals surface area (Å²) in [5, 5.41) is 9.24. The van der Waals surface area contributed by atoms with E-state index in [1.54, 1.807) is 0 Å². The second kappa shape index (κ2) is 3.58. The zero-order chi connectivity index (χ0) is 8.48. The third-order valence-corrected chi connectivity index (χ3v) is 3.12. The van der Waals surface area contributed by atoms with Crippen molar-refractivity contribution in [2.45, 2.75) is 44.5 Å². The van der Waals surface area contributed by atoms with E-state index >= 15 is 0 Å². The Balaban J connectivity index is 2.06. The van der Waals surface area contributed by atoms with Gasteiger partial charge in [-0.25, -0.2) is 0 Å². The molecule has 0 aromatic rings. The zero-order valence-electron chi connectivity index (χ0n) is 7.01. The van der Waals surface area contributed by atoms with Crippen molar-refractivity contribution in [1.29, 1.82) is 0 Å². The molecule has 1 fully saturated rings. The number of aliphatic hydroxyl groups excluding tert-OH is 1. The molecule has 2 unspecified atom stereocenters. The highest BCUT2D eigenvalue weighted by Crippen LogP contribution is 2.38. The smallest absolute Gasteiger partial charge is 0.0892 e. The lowest BCUT2D eigenvalue weighted by Gasteiger charge is -2.04. The van der Waals surface area contributed by atoms with Crippen LogP contribution in [-0.2, 0) is 4.74 Å². The largest absolute Gasteiger partial charge is 0.392 e. The van der Waals surface area contributed by atoms with Crippen LogP contribution in [0.25, 0.3) is 0 Å². The average Bonchev–Trinajstić information content (AvgIpc) is 2.54. The number of rotatable bonds is 4. The number of alkyl halides is 1. The van der Waals surface area contributed by atoms with Crippen LogP contribution in [0, 0.1) is 0 Å². The molecule has 1 aliphatic rings. The van der Waals surface area contributed by atoms with Crippen LogP contribution in [0.15, 0.2) is 0 Å². The standard InChI is InChI=1S/C8H15IO2/c1-8(2)7(11-8)4-3-6(10)5-9/h6-7,10H,3-5H2,1-2H3. The molecule has 1 rings (SSSR count). The van der Waals surface area contributed by atoms with Gasteiger partial charge in [0.15, 0.2) is 0 Å². The predicted octanol–water partition coefficient (Wildman–Crippen LogP) is 1.74. The summed E-state index contributed by atoms with van der Waals surface area (Å²) < 4.78 is 6.21. The number of hydrogen-bond acceptors (Lipinski definition) is 2. The number of aliphatic hydroxyl groups is 1. The molecule has 0 spiro atoms. The van der Waals surface area contributed by atoms with Crippen LogP contribution in [0.3, 0.4) is 0 Å². The van der Waals surface area contributed by atoms with Crippen LogP contribution in [0.4, 0.5) is 0 Å². The van der Waals surface area contributed by atoms with E-state index in [-0.39, 0.29) is 11.7 Å². The average molecular weight is 270 g/mol. The first kappa shape index (κ1) is 9.74. The van der Waals surface area contributed by atoms with Crippen molar-refractivity contribution in [3.63, 3.8) is 0 Å². The molecule has 0 aliphatic carbocycles. The maximum Gasteiger partial charge on any atom is 0.0892 e. The molecule has 0 bridgehead atoms. The molecule has 2 nitrogen and oxygen atoms in total. The fraction of sp³-hybridized carbons (Fsp3) is 1.00. The van der Waals surface area contributed by atoms with Gasteiger partial charge in [-0.1, -0.05) is 22.6 Å². The lowest BCUT2D eigenvalue weighted by Crippen LogP contribution is -2.11. The van der Waals surface area contributed by atoms with E-state index in [1.807, 2.05) is 0 Å². The van der Waals surface area contributed by atoms with Crippen molar-refractivity contribution in [1.82, 2.24) is 0 Å². The molecule has 2 atom stereocenters. The maximum atomic E-state index is 9.24. The van der Waals surface area contributed by atoms with E-state index in [9.17, 15) is 5.11 Å². The molecule has 0 aromatic carbocycles. The maximum absolute atomic E-state index is 9.24. The number of epoxide rings is 1. The molecule has 3 heteroatoms. The lowest BCUT2D eigenvalue weighted by molar-refractivity contribution is 0.183. The summed E-state index contributed by atoms with van der Waals surface area (Å²) in [4.78, 5) is 0. The van der Waals surface area contributed by atoms with Gasteiger partial charge >= 0.3 is 0 Å². The normalized spacial score (nSPS) is 30.0. The first-order chi connectivity index (χ1) is 5.06. The summed E-state index contributed by atoms with van der Waals surface area (Å²) in [6.07, 6.45) is 2.12. The molecule has 1 N–H and O–H groups in total. The summed E-state index contributed by atoms with van der Waals surface area (Å²) in [6, 6.07) is 0. The van der Waals surface area contributed by atoms with Gasteiger partial charge in [0.25, 0.3) is 0 Å². The van der Waals surface area contributed by atoms with Gasteiger partial charge in [0, 0.05) is 4.43 Å².